The van der Waals surface area contributed by atoms with Gasteiger partial charge in [-0.1, -0.05) is 39.3 Å². The standard InChI is InChI=1S/2C30H38N4O5Si/c1-19-15-24(37-5)25(21-11-12-33(26(19)21)29(36)39-30(2,3)4)27(35)28-32-22-16-20(17-31)9-10-23(22)34(28)18-38-13-14-40(6,7)8;1-19-15-24(37-5)25(21-11-12-33(26(19)21)29(36)39-30(2,3)4)27(35)28-32-22-10-9-20(17-31)16-23(22)34(28)18-38-13-14-40(6,7)8/h2*9-12,15-16,27,35H,13-14,18H2,1-8H3. The molecule has 80 heavy (non-hydrogen) atoms. The summed E-state index contributed by atoms with van der Waals surface area (Å²) in [4.78, 5) is 35.6. The normalized spacial score (nSPS) is 13.0. The number of rotatable bonds is 16. The molecule has 4 aromatic heterocycles. The summed E-state index contributed by atoms with van der Waals surface area (Å²) in [6, 6.07) is 23.9. The lowest BCUT2D eigenvalue weighted by atomic mass is 9.99. The van der Waals surface area contributed by atoms with Crippen LogP contribution >= 0.6 is 0 Å². The van der Waals surface area contributed by atoms with Gasteiger partial charge in [-0.15, -0.1) is 0 Å². The van der Waals surface area contributed by atoms with Crippen LogP contribution < -0.4 is 9.47 Å². The number of hydrogen-bond donors (Lipinski definition) is 2. The van der Waals surface area contributed by atoms with Crippen molar-refractivity contribution in [2.45, 2.75) is 144 Å². The van der Waals surface area contributed by atoms with Crippen LogP contribution in [0.3, 0.4) is 0 Å². The van der Waals surface area contributed by atoms with Gasteiger partial charge in [0, 0.05) is 63.7 Å². The third-order valence-corrected chi connectivity index (χ3v) is 16.6. The molecular formula is C60H76N8O10Si2. The topological polar surface area (TPSA) is 223 Å². The third kappa shape index (κ3) is 13.6. The Hall–Kier alpha value is -7.31. The molecule has 18 nitrogen and oxygen atoms in total. The van der Waals surface area contributed by atoms with E-state index in [1.165, 1.54) is 9.13 Å². The summed E-state index contributed by atoms with van der Waals surface area (Å²) in [6.45, 7) is 29.9. The van der Waals surface area contributed by atoms with E-state index in [1.807, 2.05) is 66.0 Å². The molecule has 2 N–H and O–H groups in total. The number of aromatic nitrogens is 6. The van der Waals surface area contributed by atoms with Gasteiger partial charge in [0.15, 0.2) is 0 Å². The lowest BCUT2D eigenvalue weighted by molar-refractivity contribution is 0.0533. The van der Waals surface area contributed by atoms with Crippen molar-refractivity contribution in [3.63, 3.8) is 0 Å². The van der Waals surface area contributed by atoms with Gasteiger partial charge in [0.05, 0.1) is 70.6 Å². The zero-order valence-corrected chi connectivity index (χ0v) is 51.1. The molecule has 0 saturated carbocycles. The highest BCUT2D eigenvalue weighted by atomic mass is 28.3. The van der Waals surface area contributed by atoms with E-state index in [4.69, 9.17) is 38.4 Å². The third-order valence-electron chi connectivity index (χ3n) is 13.2. The second-order valence-corrected chi connectivity index (χ2v) is 35.6. The Morgan fingerprint density at radius 2 is 1.01 bits per heavy atom. The zero-order chi connectivity index (χ0) is 58.8. The number of fused-ring (bicyclic) bond motifs is 4. The number of hydrogen-bond acceptors (Lipinski definition) is 14. The second kappa shape index (κ2) is 23.8. The number of benzene rings is 4. The molecule has 0 fully saturated rings. The number of ether oxygens (including phenoxy) is 6. The van der Waals surface area contributed by atoms with Crippen LogP contribution in [0.15, 0.2) is 73.1 Å². The fourth-order valence-corrected chi connectivity index (χ4v) is 10.8. The first kappa shape index (κ1) is 60.3. The summed E-state index contributed by atoms with van der Waals surface area (Å²) in [6.07, 6.45) is -0.171. The van der Waals surface area contributed by atoms with Gasteiger partial charge >= 0.3 is 12.2 Å². The van der Waals surface area contributed by atoms with Crippen molar-refractivity contribution < 1.29 is 48.2 Å². The van der Waals surface area contributed by atoms with E-state index in [9.17, 15) is 30.3 Å². The highest BCUT2D eigenvalue weighted by molar-refractivity contribution is 6.76. The molecule has 0 saturated heterocycles. The summed E-state index contributed by atoms with van der Waals surface area (Å²) in [5, 5.41) is 44.1. The van der Waals surface area contributed by atoms with Crippen molar-refractivity contribution in [3.8, 4) is 23.6 Å². The summed E-state index contributed by atoms with van der Waals surface area (Å²) < 4.78 is 41.4. The lowest BCUT2D eigenvalue weighted by Crippen LogP contribution is -2.26. The molecule has 0 aliphatic heterocycles. The minimum Gasteiger partial charge on any atom is -0.496 e. The maximum atomic E-state index is 13.0. The lowest BCUT2D eigenvalue weighted by Gasteiger charge is -2.21. The monoisotopic (exact) mass is 1120 g/mol. The Morgan fingerprint density at radius 1 is 0.600 bits per heavy atom. The molecule has 2 unspecified atom stereocenters. The number of nitrogens with zero attached hydrogens (tertiary/aromatic N) is 8. The smallest absolute Gasteiger partial charge is 0.419 e. The predicted molar refractivity (Wildman–Crippen MR) is 315 cm³/mol. The van der Waals surface area contributed by atoms with E-state index in [1.54, 1.807) is 85.8 Å². The van der Waals surface area contributed by atoms with E-state index < -0.39 is 51.7 Å². The zero-order valence-electron chi connectivity index (χ0n) is 49.1. The number of nitriles is 2. The molecule has 0 aliphatic rings. The van der Waals surface area contributed by atoms with Crippen molar-refractivity contribution in [1.82, 2.24) is 28.2 Å². The molecule has 424 valence electrons. The SMILES string of the molecule is COc1cc(C)c2c(ccn2C(=O)OC(C)(C)C)c1C(O)c1nc2cc(C#N)ccc2n1COCC[Si](C)(C)C.COc1cc(C)c2c(ccn2C(=O)OC(C)(C)C)c1C(O)c1nc2ccc(C#N)cc2n1COCC[Si](C)(C)C. The molecule has 0 aliphatic carbocycles. The molecule has 8 aromatic rings. The summed E-state index contributed by atoms with van der Waals surface area (Å²) >= 11 is 0. The van der Waals surface area contributed by atoms with Crippen LogP contribution in [0.2, 0.25) is 51.4 Å². The Bertz CT molecular complexity index is 3560. The average Bonchev–Trinajstić information content (AvgIpc) is 4.39. The number of carbonyl (C=O) groups is 2. The van der Waals surface area contributed by atoms with Gasteiger partial charge in [-0.3, -0.25) is 9.13 Å². The number of aliphatic hydroxyl groups is 2. The van der Waals surface area contributed by atoms with Gasteiger partial charge in [-0.05, 0) is 139 Å². The maximum absolute atomic E-state index is 13.0. The minimum atomic E-state index is -1.31. The molecular weight excluding hydrogens is 1050 g/mol. The summed E-state index contributed by atoms with van der Waals surface area (Å²) in [5.41, 5.74) is 6.04. The number of aliphatic hydroxyl groups excluding tert-OH is 2. The average molecular weight is 1130 g/mol. The Morgan fingerprint density at radius 3 is 1.43 bits per heavy atom. The van der Waals surface area contributed by atoms with Crippen LogP contribution in [-0.2, 0) is 32.4 Å². The fourth-order valence-electron chi connectivity index (χ4n) is 9.33. The molecule has 0 bridgehead atoms. The fraction of sp³-hybridized carbons (Fsp3) is 0.433. The number of imidazole rings is 2. The molecule has 0 spiro atoms. The van der Waals surface area contributed by atoms with Crippen LogP contribution in [0.5, 0.6) is 11.5 Å². The maximum Gasteiger partial charge on any atom is 0.419 e. The largest absolute Gasteiger partial charge is 0.496 e. The van der Waals surface area contributed by atoms with Crippen LogP contribution in [-0.4, -0.2) is 105 Å². The Kier molecular flexibility index (Phi) is 18.0. The highest BCUT2D eigenvalue weighted by Crippen LogP contribution is 2.42. The van der Waals surface area contributed by atoms with Gasteiger partial charge in [0.2, 0.25) is 0 Å². The minimum absolute atomic E-state index is 0.165. The van der Waals surface area contributed by atoms with Crippen LogP contribution in [0.1, 0.15) is 98.8 Å². The van der Waals surface area contributed by atoms with E-state index >= 15 is 0 Å². The van der Waals surface area contributed by atoms with Crippen molar-refractivity contribution in [3.05, 3.63) is 118 Å². The summed E-state index contributed by atoms with van der Waals surface area (Å²) in [5.74, 6) is 1.64. The first-order valence-corrected chi connectivity index (χ1v) is 34.1. The Labute approximate surface area is 470 Å². The highest BCUT2D eigenvalue weighted by Gasteiger charge is 2.31. The number of aryl methyl sites for hydroxylation is 2. The first-order valence-electron chi connectivity index (χ1n) is 26.6. The second-order valence-electron chi connectivity index (χ2n) is 24.4. The molecule has 4 aromatic carbocycles. The van der Waals surface area contributed by atoms with Gasteiger partial charge in [-0.25, -0.2) is 19.6 Å². The van der Waals surface area contributed by atoms with Crippen LogP contribution in [0, 0.1) is 36.5 Å². The van der Waals surface area contributed by atoms with Gasteiger partial charge in [0.1, 0.15) is 60.0 Å². The summed E-state index contributed by atoms with van der Waals surface area (Å²) in [7, 11) is 0.489. The van der Waals surface area contributed by atoms with E-state index in [0.29, 0.717) is 97.0 Å². The van der Waals surface area contributed by atoms with Crippen LogP contribution in [0.4, 0.5) is 9.59 Å². The van der Waals surface area contributed by atoms with E-state index in [0.717, 1.165) is 28.7 Å². The molecule has 4 heterocycles. The first-order chi connectivity index (χ1) is 37.5. The van der Waals surface area contributed by atoms with Crippen molar-refractivity contribution in [1.29, 1.82) is 10.5 Å². The van der Waals surface area contributed by atoms with E-state index in [2.05, 4.69) is 51.4 Å². The molecule has 2 atom stereocenters. The molecule has 8 rings (SSSR count). The van der Waals surface area contributed by atoms with Gasteiger partial charge in [-0.2, -0.15) is 10.5 Å². The predicted octanol–water partition coefficient (Wildman–Crippen LogP) is 12.7. The van der Waals surface area contributed by atoms with Gasteiger partial charge < -0.3 is 47.8 Å². The van der Waals surface area contributed by atoms with Crippen LogP contribution in [0.25, 0.3) is 43.9 Å². The number of methoxy groups -OCH3 is 2. The number of carbonyl (C=O) groups excluding carboxylic acids is 2. The quantitative estimate of drug-likeness (QED) is 0.0678. The van der Waals surface area contributed by atoms with Crippen molar-refractivity contribution >= 4 is 72.2 Å². The van der Waals surface area contributed by atoms with E-state index in [-0.39, 0.29) is 13.5 Å². The van der Waals surface area contributed by atoms with Crippen molar-refractivity contribution in [2.75, 3.05) is 27.4 Å². The van der Waals surface area contributed by atoms with Crippen molar-refractivity contribution in [2.24, 2.45) is 0 Å². The Balaban J connectivity index is 0.000000231. The molecule has 0 amide bonds. The van der Waals surface area contributed by atoms with Gasteiger partial charge in [0.25, 0.3) is 0 Å². The molecule has 20 heteroatoms. The molecule has 0 radical (unpaired) electrons.